The maximum Gasteiger partial charge on any atom is 0.193 e. The van der Waals surface area contributed by atoms with E-state index in [1.807, 2.05) is 14.1 Å². The summed E-state index contributed by atoms with van der Waals surface area (Å²) in [4.78, 5) is 6.44. The topological polar surface area (TPSA) is 41.8 Å². The van der Waals surface area contributed by atoms with Gasteiger partial charge in [0.15, 0.2) is 5.96 Å². The number of halogens is 1. The van der Waals surface area contributed by atoms with Gasteiger partial charge in [-0.1, -0.05) is 0 Å². The van der Waals surface area contributed by atoms with Crippen molar-refractivity contribution in [3.63, 3.8) is 0 Å². The molecule has 0 aliphatic rings. The lowest BCUT2D eigenvalue weighted by Crippen LogP contribution is -2.39. The molecule has 1 N–H and O–H groups in total. The predicted octanol–water partition coefficient (Wildman–Crippen LogP) is 2.47. The zero-order valence-electron chi connectivity index (χ0n) is 13.8. The lowest BCUT2D eigenvalue weighted by atomic mass is 10.4. The maximum atomic E-state index is 5.52. The Morgan fingerprint density at radius 2 is 2.19 bits per heavy atom. The molecule has 0 saturated carbocycles. The van der Waals surface area contributed by atoms with Crippen molar-refractivity contribution in [3.8, 4) is 0 Å². The summed E-state index contributed by atoms with van der Waals surface area (Å²) in [6.07, 6.45) is 3.34. The fraction of sp³-hybridized carbons (Fsp3) is 0.667. The van der Waals surface area contributed by atoms with Crippen molar-refractivity contribution in [1.82, 2.24) is 14.8 Å². The number of aromatic nitrogens is 1. The summed E-state index contributed by atoms with van der Waals surface area (Å²) in [6.45, 7) is 6.60. The Labute approximate surface area is 145 Å². The van der Waals surface area contributed by atoms with E-state index in [1.54, 1.807) is 0 Å². The molecule has 0 aliphatic heterocycles. The Balaban J connectivity index is 0.00000400. The number of guanidine groups is 1. The average molecular weight is 408 g/mol. The average Bonchev–Trinajstić information content (AvgIpc) is 2.79. The van der Waals surface area contributed by atoms with E-state index in [0.717, 1.165) is 32.1 Å². The van der Waals surface area contributed by atoms with Crippen molar-refractivity contribution in [1.29, 1.82) is 0 Å². The Bertz CT molecular complexity index is 418. The molecule has 0 spiro atoms. The van der Waals surface area contributed by atoms with Gasteiger partial charge in [0, 0.05) is 46.2 Å². The smallest absolute Gasteiger partial charge is 0.193 e. The number of nitrogens with one attached hydrogen (secondary N) is 1. The van der Waals surface area contributed by atoms with Gasteiger partial charge in [-0.2, -0.15) is 0 Å². The predicted molar refractivity (Wildman–Crippen MR) is 99.4 cm³/mol. The highest BCUT2D eigenvalue weighted by atomic mass is 127. The van der Waals surface area contributed by atoms with E-state index < -0.39 is 0 Å². The summed E-state index contributed by atoms with van der Waals surface area (Å²) in [5.41, 5.74) is 1.26. The highest BCUT2D eigenvalue weighted by molar-refractivity contribution is 14.0. The minimum Gasteiger partial charge on any atom is -0.379 e. The van der Waals surface area contributed by atoms with E-state index in [-0.39, 0.29) is 24.0 Å². The second-order valence-electron chi connectivity index (χ2n) is 5.21. The van der Waals surface area contributed by atoms with Crippen molar-refractivity contribution < 1.29 is 4.74 Å². The summed E-state index contributed by atoms with van der Waals surface area (Å²) in [5, 5.41) is 3.36. The fourth-order valence-electron chi connectivity index (χ4n) is 1.95. The molecule has 1 rings (SSSR count). The number of aliphatic imine (C=N–C) groups is 1. The molecule has 6 heteroatoms. The van der Waals surface area contributed by atoms with Crippen LogP contribution < -0.4 is 5.32 Å². The molecule has 1 aromatic heterocycles. The second-order valence-corrected chi connectivity index (χ2v) is 5.21. The number of rotatable bonds is 7. The first-order valence-corrected chi connectivity index (χ1v) is 7.18. The standard InChI is InChI=1S/C15H28N4O.HI/c1-13(2)20-11-7-9-17-15(16-3)19(5)12-14-8-6-10-18(14)4;/h6,8,10,13H,7,9,11-12H2,1-5H3,(H,16,17);1H. The van der Waals surface area contributed by atoms with Crippen molar-refractivity contribution >= 4 is 29.9 Å². The van der Waals surface area contributed by atoms with Crippen LogP contribution in [0.1, 0.15) is 26.0 Å². The number of ether oxygens (including phenoxy) is 1. The number of nitrogens with zero attached hydrogens (tertiary/aromatic N) is 3. The van der Waals surface area contributed by atoms with E-state index >= 15 is 0 Å². The molecule has 0 saturated heterocycles. The van der Waals surface area contributed by atoms with Crippen LogP contribution in [0.4, 0.5) is 0 Å². The largest absolute Gasteiger partial charge is 0.379 e. The van der Waals surface area contributed by atoms with E-state index in [9.17, 15) is 0 Å². The summed E-state index contributed by atoms with van der Waals surface area (Å²) in [6, 6.07) is 4.18. The van der Waals surface area contributed by atoms with Gasteiger partial charge in [0.2, 0.25) is 0 Å². The lowest BCUT2D eigenvalue weighted by molar-refractivity contribution is 0.0776. The second kappa shape index (κ2) is 10.9. The molecule has 1 aromatic rings. The van der Waals surface area contributed by atoms with E-state index in [4.69, 9.17) is 4.74 Å². The van der Waals surface area contributed by atoms with Crippen molar-refractivity contribution in [2.45, 2.75) is 32.9 Å². The van der Waals surface area contributed by atoms with E-state index in [0.29, 0.717) is 6.10 Å². The fourth-order valence-corrected chi connectivity index (χ4v) is 1.95. The third kappa shape index (κ3) is 7.71. The minimum absolute atomic E-state index is 0. The van der Waals surface area contributed by atoms with Crippen LogP contribution in [0.15, 0.2) is 23.3 Å². The van der Waals surface area contributed by atoms with Crippen LogP contribution >= 0.6 is 24.0 Å². The molecule has 0 amide bonds. The molecule has 0 bridgehead atoms. The SMILES string of the molecule is CN=C(NCCCOC(C)C)N(C)Cc1cccn1C.I. The molecule has 0 aliphatic carbocycles. The van der Waals surface area contributed by atoms with Crippen LogP contribution in [-0.2, 0) is 18.3 Å². The molecule has 5 nitrogen and oxygen atoms in total. The zero-order valence-corrected chi connectivity index (χ0v) is 16.1. The monoisotopic (exact) mass is 408 g/mol. The van der Waals surface area contributed by atoms with Gasteiger partial charge >= 0.3 is 0 Å². The molecule has 0 aromatic carbocycles. The Morgan fingerprint density at radius 1 is 1.48 bits per heavy atom. The van der Waals surface area contributed by atoms with Crippen molar-refractivity contribution in [2.24, 2.45) is 12.0 Å². The Morgan fingerprint density at radius 3 is 2.71 bits per heavy atom. The molecular weight excluding hydrogens is 379 g/mol. The molecule has 0 radical (unpaired) electrons. The molecule has 1 heterocycles. The number of aryl methyl sites for hydroxylation is 1. The van der Waals surface area contributed by atoms with Gasteiger partial charge in [0.25, 0.3) is 0 Å². The quantitative estimate of drug-likeness (QED) is 0.326. The van der Waals surface area contributed by atoms with Crippen LogP contribution in [-0.4, -0.2) is 48.8 Å². The minimum atomic E-state index is 0. The first-order valence-electron chi connectivity index (χ1n) is 7.18. The van der Waals surface area contributed by atoms with Crippen molar-refractivity contribution in [3.05, 3.63) is 24.0 Å². The lowest BCUT2D eigenvalue weighted by Gasteiger charge is -2.22. The highest BCUT2D eigenvalue weighted by Crippen LogP contribution is 2.03. The van der Waals surface area contributed by atoms with Crippen LogP contribution in [0.3, 0.4) is 0 Å². The summed E-state index contributed by atoms with van der Waals surface area (Å²) in [7, 11) is 5.92. The summed E-state index contributed by atoms with van der Waals surface area (Å²) >= 11 is 0. The van der Waals surface area contributed by atoms with Gasteiger partial charge in [-0.3, -0.25) is 4.99 Å². The van der Waals surface area contributed by atoms with E-state index in [1.165, 1.54) is 5.69 Å². The van der Waals surface area contributed by atoms with Gasteiger partial charge in [-0.25, -0.2) is 0 Å². The molecule has 0 atom stereocenters. The van der Waals surface area contributed by atoms with Crippen LogP contribution in [0, 0.1) is 0 Å². The Hall–Kier alpha value is -0.760. The molecule has 0 unspecified atom stereocenters. The van der Waals surface area contributed by atoms with Crippen molar-refractivity contribution in [2.75, 3.05) is 27.2 Å². The third-order valence-corrected chi connectivity index (χ3v) is 3.08. The summed E-state index contributed by atoms with van der Waals surface area (Å²) in [5.74, 6) is 0.913. The Kier molecular flexibility index (Phi) is 10.5. The molecule has 122 valence electrons. The molecule has 21 heavy (non-hydrogen) atoms. The normalized spacial score (nSPS) is 11.4. The molecule has 0 fully saturated rings. The first-order chi connectivity index (χ1) is 9.54. The van der Waals surface area contributed by atoms with Gasteiger partial charge in [-0.05, 0) is 32.4 Å². The highest BCUT2D eigenvalue weighted by Gasteiger charge is 2.07. The first kappa shape index (κ1) is 20.2. The van der Waals surface area contributed by atoms with Crippen LogP contribution in [0.5, 0.6) is 0 Å². The van der Waals surface area contributed by atoms with Gasteiger partial charge in [0.1, 0.15) is 0 Å². The van der Waals surface area contributed by atoms with E-state index in [2.05, 4.69) is 59.0 Å². The van der Waals surface area contributed by atoms with Gasteiger partial charge in [-0.15, -0.1) is 24.0 Å². The van der Waals surface area contributed by atoms with Gasteiger partial charge < -0.3 is 19.5 Å². The van der Waals surface area contributed by atoms with Crippen LogP contribution in [0.25, 0.3) is 0 Å². The number of hydrogen-bond acceptors (Lipinski definition) is 2. The van der Waals surface area contributed by atoms with Gasteiger partial charge in [0.05, 0.1) is 12.6 Å². The third-order valence-electron chi connectivity index (χ3n) is 3.08. The zero-order chi connectivity index (χ0) is 15.0. The maximum absolute atomic E-state index is 5.52. The number of hydrogen-bond donors (Lipinski definition) is 1. The molecular formula is C15H29IN4O. The van der Waals surface area contributed by atoms with Crippen LogP contribution in [0.2, 0.25) is 0 Å². The summed E-state index contributed by atoms with van der Waals surface area (Å²) < 4.78 is 7.65.